The van der Waals surface area contributed by atoms with E-state index in [1.54, 1.807) is 31.4 Å². The predicted molar refractivity (Wildman–Crippen MR) is 101 cm³/mol. The Kier molecular flexibility index (Phi) is 3.97. The van der Waals surface area contributed by atoms with Crippen LogP contribution in [0.15, 0.2) is 71.5 Å². The Morgan fingerprint density at radius 1 is 1.00 bits per heavy atom. The lowest BCUT2D eigenvalue weighted by Gasteiger charge is -2.06. The fourth-order valence-corrected chi connectivity index (χ4v) is 3.12. The van der Waals surface area contributed by atoms with E-state index in [0.29, 0.717) is 23.6 Å². The first-order valence-corrected chi connectivity index (χ1v) is 8.30. The molecule has 3 aromatic carbocycles. The van der Waals surface area contributed by atoms with Crippen molar-refractivity contribution < 1.29 is 9.84 Å². The lowest BCUT2D eigenvalue weighted by Crippen LogP contribution is -2.14. The topological polar surface area (TPSA) is 67.2 Å². The maximum Gasteiger partial charge on any atom is 0.333 e. The van der Waals surface area contributed by atoms with E-state index in [9.17, 15) is 9.90 Å². The van der Waals surface area contributed by atoms with Gasteiger partial charge in [0.05, 0.1) is 18.5 Å². The molecule has 4 rings (SSSR count). The molecule has 0 spiro atoms. The highest BCUT2D eigenvalue weighted by Crippen LogP contribution is 2.24. The average molecular weight is 346 g/mol. The van der Waals surface area contributed by atoms with Gasteiger partial charge in [-0.2, -0.15) is 0 Å². The summed E-state index contributed by atoms with van der Waals surface area (Å²) in [6.07, 6.45) is 0.440. The minimum Gasteiger partial charge on any atom is -0.497 e. The van der Waals surface area contributed by atoms with Crippen LogP contribution < -0.4 is 10.4 Å². The molecule has 4 aromatic rings. The van der Waals surface area contributed by atoms with Crippen LogP contribution >= 0.6 is 0 Å². The second kappa shape index (κ2) is 6.44. The van der Waals surface area contributed by atoms with Crippen LogP contribution in [0.1, 0.15) is 11.3 Å². The standard InChI is InChI=1S/C21H18N2O3/c1-26-18-10-8-17(9-11-18)23-20(24)19(22-21(23)25)13-14-6-7-15-4-2-3-5-16(15)12-14/h2-12,24H,13H2,1H3,(H,22,25). The van der Waals surface area contributed by atoms with Gasteiger partial charge in [-0.15, -0.1) is 0 Å². The quantitative estimate of drug-likeness (QED) is 0.593. The maximum absolute atomic E-state index is 12.3. The van der Waals surface area contributed by atoms with Gasteiger partial charge in [0.1, 0.15) is 5.75 Å². The average Bonchev–Trinajstić information content (AvgIpc) is 2.95. The lowest BCUT2D eigenvalue weighted by molar-refractivity contribution is 0.414. The Bertz CT molecular complexity index is 1120. The summed E-state index contributed by atoms with van der Waals surface area (Å²) in [7, 11) is 1.58. The predicted octanol–water partition coefficient (Wildman–Crippen LogP) is 3.62. The van der Waals surface area contributed by atoms with Crippen molar-refractivity contribution >= 4 is 10.8 Å². The monoisotopic (exact) mass is 346 g/mol. The van der Waals surface area contributed by atoms with Gasteiger partial charge in [-0.25, -0.2) is 9.36 Å². The van der Waals surface area contributed by atoms with Gasteiger partial charge in [-0.05, 0) is 40.6 Å². The number of H-pyrrole nitrogens is 1. The van der Waals surface area contributed by atoms with E-state index >= 15 is 0 Å². The van der Waals surface area contributed by atoms with Crippen LogP contribution in [0.25, 0.3) is 16.5 Å². The normalized spacial score (nSPS) is 11.0. The summed E-state index contributed by atoms with van der Waals surface area (Å²) in [6, 6.07) is 21.2. The van der Waals surface area contributed by atoms with Crippen molar-refractivity contribution in [3.63, 3.8) is 0 Å². The second-order valence-electron chi connectivity index (χ2n) is 6.12. The third kappa shape index (κ3) is 2.84. The van der Waals surface area contributed by atoms with Gasteiger partial charge >= 0.3 is 5.69 Å². The zero-order valence-electron chi connectivity index (χ0n) is 14.3. The molecule has 0 saturated carbocycles. The van der Waals surface area contributed by atoms with Crippen LogP contribution in [0.5, 0.6) is 11.6 Å². The highest BCUT2D eigenvalue weighted by Gasteiger charge is 2.15. The van der Waals surface area contributed by atoms with E-state index in [1.807, 2.05) is 30.3 Å². The van der Waals surface area contributed by atoms with Crippen molar-refractivity contribution in [2.24, 2.45) is 0 Å². The van der Waals surface area contributed by atoms with Gasteiger partial charge in [-0.3, -0.25) is 0 Å². The van der Waals surface area contributed by atoms with E-state index in [1.165, 1.54) is 4.57 Å². The third-order valence-corrected chi connectivity index (χ3v) is 4.47. The number of fused-ring (bicyclic) bond motifs is 1. The number of hydrogen-bond donors (Lipinski definition) is 2. The number of methoxy groups -OCH3 is 1. The Morgan fingerprint density at radius 3 is 2.46 bits per heavy atom. The summed E-state index contributed by atoms with van der Waals surface area (Å²) < 4.78 is 6.39. The van der Waals surface area contributed by atoms with Gasteiger partial charge < -0.3 is 14.8 Å². The van der Waals surface area contributed by atoms with E-state index < -0.39 is 0 Å². The van der Waals surface area contributed by atoms with Crippen molar-refractivity contribution in [2.75, 3.05) is 7.11 Å². The molecular weight excluding hydrogens is 328 g/mol. The Morgan fingerprint density at radius 2 is 1.73 bits per heavy atom. The minimum atomic E-state index is -0.372. The maximum atomic E-state index is 12.3. The number of nitrogens with one attached hydrogen (secondary N) is 1. The molecule has 0 atom stereocenters. The number of aromatic amines is 1. The third-order valence-electron chi connectivity index (χ3n) is 4.47. The second-order valence-corrected chi connectivity index (χ2v) is 6.12. The fraction of sp³-hybridized carbons (Fsp3) is 0.0952. The Balaban J connectivity index is 1.69. The number of imidazole rings is 1. The first-order chi connectivity index (χ1) is 12.7. The summed E-state index contributed by atoms with van der Waals surface area (Å²) in [5, 5.41) is 12.8. The lowest BCUT2D eigenvalue weighted by atomic mass is 10.0. The molecule has 5 heteroatoms. The largest absolute Gasteiger partial charge is 0.497 e. The van der Waals surface area contributed by atoms with Crippen molar-refractivity contribution in [1.82, 2.24) is 9.55 Å². The van der Waals surface area contributed by atoms with Crippen LogP contribution in [0.3, 0.4) is 0 Å². The highest BCUT2D eigenvalue weighted by atomic mass is 16.5. The van der Waals surface area contributed by atoms with Crippen LogP contribution in [-0.4, -0.2) is 21.8 Å². The van der Waals surface area contributed by atoms with Crippen molar-refractivity contribution in [3.8, 4) is 17.3 Å². The van der Waals surface area contributed by atoms with E-state index in [-0.39, 0.29) is 11.6 Å². The molecule has 0 amide bonds. The Hall–Kier alpha value is -3.47. The smallest absolute Gasteiger partial charge is 0.333 e. The van der Waals surface area contributed by atoms with Crippen molar-refractivity contribution in [1.29, 1.82) is 0 Å². The molecule has 0 aliphatic carbocycles. The number of benzene rings is 3. The number of nitrogens with zero attached hydrogens (tertiary/aromatic N) is 1. The van der Waals surface area contributed by atoms with Gasteiger partial charge in [0.2, 0.25) is 5.88 Å². The summed E-state index contributed by atoms with van der Waals surface area (Å²) >= 11 is 0. The Labute approximate surface area is 150 Å². The first-order valence-electron chi connectivity index (χ1n) is 8.30. The molecule has 0 bridgehead atoms. The van der Waals surface area contributed by atoms with Crippen LogP contribution in [-0.2, 0) is 6.42 Å². The fourth-order valence-electron chi connectivity index (χ4n) is 3.12. The molecule has 0 fully saturated rings. The molecule has 0 aliphatic heterocycles. The number of aromatic nitrogens is 2. The van der Waals surface area contributed by atoms with E-state index in [4.69, 9.17) is 4.74 Å². The van der Waals surface area contributed by atoms with Crippen LogP contribution in [0.4, 0.5) is 0 Å². The number of aromatic hydroxyl groups is 1. The molecule has 5 nitrogen and oxygen atoms in total. The zero-order chi connectivity index (χ0) is 18.1. The number of ether oxygens (including phenoxy) is 1. The zero-order valence-corrected chi connectivity index (χ0v) is 14.3. The molecule has 26 heavy (non-hydrogen) atoms. The summed E-state index contributed by atoms with van der Waals surface area (Å²) in [5.41, 5.74) is 1.71. The van der Waals surface area contributed by atoms with Crippen LogP contribution in [0, 0.1) is 0 Å². The first kappa shape index (κ1) is 16.0. The van der Waals surface area contributed by atoms with Gasteiger partial charge in [0, 0.05) is 6.42 Å². The molecule has 1 aromatic heterocycles. The molecule has 130 valence electrons. The molecule has 1 heterocycles. The molecule has 0 aliphatic rings. The van der Waals surface area contributed by atoms with Crippen molar-refractivity contribution in [3.05, 3.63) is 88.5 Å². The molecular formula is C21H18N2O3. The highest BCUT2D eigenvalue weighted by molar-refractivity contribution is 5.83. The summed E-state index contributed by atoms with van der Waals surface area (Å²) in [6.45, 7) is 0. The molecule has 0 saturated heterocycles. The van der Waals surface area contributed by atoms with Gasteiger partial charge in [0.15, 0.2) is 0 Å². The van der Waals surface area contributed by atoms with Gasteiger partial charge in [-0.1, -0.05) is 42.5 Å². The molecule has 0 unspecified atom stereocenters. The minimum absolute atomic E-state index is 0.0756. The molecule has 2 N–H and O–H groups in total. The van der Waals surface area contributed by atoms with Crippen molar-refractivity contribution in [2.45, 2.75) is 6.42 Å². The summed E-state index contributed by atoms with van der Waals surface area (Å²) in [4.78, 5) is 15.1. The van der Waals surface area contributed by atoms with E-state index in [0.717, 1.165) is 16.3 Å². The molecule has 0 radical (unpaired) electrons. The number of rotatable bonds is 4. The van der Waals surface area contributed by atoms with E-state index in [2.05, 4.69) is 17.1 Å². The van der Waals surface area contributed by atoms with Gasteiger partial charge in [0.25, 0.3) is 0 Å². The summed E-state index contributed by atoms with van der Waals surface area (Å²) in [5.74, 6) is 0.613. The SMILES string of the molecule is COc1ccc(-n2c(O)c(Cc3ccc4ccccc4c3)[nH]c2=O)cc1. The number of hydrogen-bond acceptors (Lipinski definition) is 3. The van der Waals surface area contributed by atoms with Crippen LogP contribution in [0.2, 0.25) is 0 Å².